The third-order valence-corrected chi connectivity index (χ3v) is 6.51. The first kappa shape index (κ1) is 18.1. The van der Waals surface area contributed by atoms with Gasteiger partial charge in [0.15, 0.2) is 16.1 Å². The van der Waals surface area contributed by atoms with Crippen LogP contribution in [0, 0.1) is 5.92 Å². The molecule has 2 aromatic rings. The van der Waals surface area contributed by atoms with E-state index in [1.807, 2.05) is 65.7 Å². The summed E-state index contributed by atoms with van der Waals surface area (Å²) in [5, 5.41) is 0.768. The highest BCUT2D eigenvalue weighted by atomic mass is 32.2. The number of hydrogen-bond acceptors (Lipinski definition) is 5. The highest BCUT2D eigenvalue weighted by Crippen LogP contribution is 2.36. The summed E-state index contributed by atoms with van der Waals surface area (Å²) in [5.74, 6) is 1.02. The number of aromatic nitrogens is 2. The van der Waals surface area contributed by atoms with Crippen LogP contribution in [0.3, 0.4) is 0 Å². The van der Waals surface area contributed by atoms with E-state index in [-0.39, 0.29) is 5.92 Å². The maximum Gasteiger partial charge on any atom is 0.187 e. The van der Waals surface area contributed by atoms with Gasteiger partial charge in [0.2, 0.25) is 0 Å². The summed E-state index contributed by atoms with van der Waals surface area (Å²) < 4.78 is 14.9. The molecular formula is C20H20N4OS2. The highest BCUT2D eigenvalue weighted by Gasteiger charge is 2.36. The van der Waals surface area contributed by atoms with Crippen LogP contribution < -0.4 is 0 Å². The highest BCUT2D eigenvalue weighted by molar-refractivity contribution is 7.98. The molecule has 27 heavy (non-hydrogen) atoms. The van der Waals surface area contributed by atoms with Crippen LogP contribution in [0.1, 0.15) is 18.9 Å². The van der Waals surface area contributed by atoms with E-state index in [9.17, 15) is 4.21 Å². The lowest BCUT2D eigenvalue weighted by Crippen LogP contribution is -2.30. The summed E-state index contributed by atoms with van der Waals surface area (Å²) in [6, 6.07) is 9.51. The molecule has 2 atom stereocenters. The molecule has 3 heterocycles. The normalized spacial score (nSPS) is 19.9. The maximum atomic E-state index is 13.1. The maximum absolute atomic E-state index is 13.1. The third kappa shape index (κ3) is 3.75. The van der Waals surface area contributed by atoms with Crippen LogP contribution in [0.4, 0.5) is 0 Å². The van der Waals surface area contributed by atoms with Crippen LogP contribution in [0.25, 0.3) is 0 Å². The van der Waals surface area contributed by atoms with Crippen molar-refractivity contribution in [3.63, 3.8) is 0 Å². The summed E-state index contributed by atoms with van der Waals surface area (Å²) in [7, 11) is -1.31. The Morgan fingerprint density at radius 2 is 1.96 bits per heavy atom. The summed E-state index contributed by atoms with van der Waals surface area (Å²) in [6.45, 7) is 2.09. The van der Waals surface area contributed by atoms with Crippen molar-refractivity contribution in [2.24, 2.45) is 10.9 Å². The van der Waals surface area contributed by atoms with Crippen molar-refractivity contribution in [3.8, 4) is 0 Å². The van der Waals surface area contributed by atoms with Crippen molar-refractivity contribution in [3.05, 3.63) is 71.8 Å². The SMILES string of the molecule is CSc1ncc(CC2=CN(S(=O)c3ccccc3)C3=NC=C(C)CC23)cn1. The Kier molecular flexibility index (Phi) is 5.22. The molecular weight excluding hydrogens is 376 g/mol. The molecule has 0 radical (unpaired) electrons. The number of hydrogen-bond donors (Lipinski definition) is 0. The summed E-state index contributed by atoms with van der Waals surface area (Å²) >= 11 is 1.53. The number of aliphatic imine (C=N–C) groups is 1. The van der Waals surface area contributed by atoms with Crippen LogP contribution in [0.15, 0.2) is 81.3 Å². The summed E-state index contributed by atoms with van der Waals surface area (Å²) in [5.41, 5.74) is 3.49. The second kappa shape index (κ2) is 7.78. The van der Waals surface area contributed by atoms with Gasteiger partial charge in [-0.25, -0.2) is 23.5 Å². The molecule has 0 spiro atoms. The first-order valence-corrected chi connectivity index (χ1v) is 11.0. The van der Waals surface area contributed by atoms with Crippen molar-refractivity contribution >= 4 is 28.6 Å². The fourth-order valence-corrected chi connectivity index (χ4v) is 4.78. The lowest BCUT2D eigenvalue weighted by Gasteiger charge is -2.23. The van der Waals surface area contributed by atoms with Crippen LogP contribution in [-0.4, -0.2) is 30.6 Å². The average molecular weight is 397 g/mol. The van der Waals surface area contributed by atoms with Crippen LogP contribution in [0.2, 0.25) is 0 Å². The number of amidine groups is 1. The number of thioether (sulfide) groups is 1. The standard InChI is InChI=1S/C20H20N4OS2/c1-14-8-18-16(9-15-11-22-20(26-2)23-12-15)13-24(19(18)21-10-14)27(25)17-6-4-3-5-7-17/h3-7,10-13,18H,8-9H2,1-2H3. The Morgan fingerprint density at radius 3 is 2.67 bits per heavy atom. The quantitative estimate of drug-likeness (QED) is 0.566. The lowest BCUT2D eigenvalue weighted by molar-refractivity contribution is 0.653. The van der Waals surface area contributed by atoms with E-state index < -0.39 is 11.0 Å². The van der Waals surface area contributed by atoms with Crippen LogP contribution >= 0.6 is 11.8 Å². The van der Waals surface area contributed by atoms with Gasteiger partial charge in [-0.3, -0.25) is 0 Å². The molecule has 0 amide bonds. The number of nitrogens with zero attached hydrogens (tertiary/aromatic N) is 4. The van der Waals surface area contributed by atoms with E-state index in [0.717, 1.165) is 34.3 Å². The van der Waals surface area contributed by atoms with Gasteiger partial charge in [0.05, 0.1) is 4.90 Å². The molecule has 5 nitrogen and oxygen atoms in total. The van der Waals surface area contributed by atoms with E-state index in [1.54, 1.807) is 0 Å². The number of allylic oxidation sites excluding steroid dienone is 1. The summed E-state index contributed by atoms with van der Waals surface area (Å²) in [4.78, 5) is 14.1. The van der Waals surface area contributed by atoms with Crippen molar-refractivity contribution in [1.29, 1.82) is 0 Å². The van der Waals surface area contributed by atoms with Crippen molar-refractivity contribution in [2.45, 2.75) is 29.8 Å². The zero-order chi connectivity index (χ0) is 18.8. The molecule has 1 aromatic heterocycles. The van der Waals surface area contributed by atoms with Crippen molar-refractivity contribution < 1.29 is 4.21 Å². The van der Waals surface area contributed by atoms with Crippen LogP contribution in [-0.2, 0) is 17.4 Å². The minimum absolute atomic E-state index is 0.155. The van der Waals surface area contributed by atoms with Gasteiger partial charge >= 0.3 is 0 Å². The second-order valence-corrected chi connectivity index (χ2v) is 8.70. The Morgan fingerprint density at radius 1 is 1.22 bits per heavy atom. The molecule has 1 aromatic carbocycles. The van der Waals surface area contributed by atoms with Crippen LogP contribution in [0.5, 0.6) is 0 Å². The van der Waals surface area contributed by atoms with Gasteiger partial charge in [-0.1, -0.05) is 35.5 Å². The Balaban J connectivity index is 1.65. The largest absolute Gasteiger partial charge is 0.250 e. The van der Waals surface area contributed by atoms with E-state index in [2.05, 4.69) is 21.9 Å². The van der Waals surface area contributed by atoms with Gasteiger partial charge in [0, 0.05) is 30.7 Å². The summed E-state index contributed by atoms with van der Waals surface area (Å²) in [6.07, 6.45) is 11.2. The number of benzene rings is 1. The number of fused-ring (bicyclic) bond motifs is 1. The number of rotatable bonds is 5. The van der Waals surface area contributed by atoms with Gasteiger partial charge in [0.1, 0.15) is 5.84 Å². The first-order chi connectivity index (χ1) is 13.2. The molecule has 138 valence electrons. The monoisotopic (exact) mass is 396 g/mol. The molecule has 0 saturated heterocycles. The van der Waals surface area contributed by atoms with Gasteiger partial charge < -0.3 is 0 Å². The average Bonchev–Trinajstić information content (AvgIpc) is 3.06. The molecule has 0 bridgehead atoms. The molecule has 2 aliphatic heterocycles. The van der Waals surface area contributed by atoms with Gasteiger partial charge in [0.25, 0.3) is 0 Å². The van der Waals surface area contributed by atoms with E-state index in [1.165, 1.54) is 22.9 Å². The minimum atomic E-state index is -1.31. The Hall–Kier alpha value is -2.25. The van der Waals surface area contributed by atoms with Gasteiger partial charge in [-0.05, 0) is 49.3 Å². The first-order valence-electron chi connectivity index (χ1n) is 8.70. The van der Waals surface area contributed by atoms with E-state index >= 15 is 0 Å². The molecule has 7 heteroatoms. The van der Waals surface area contributed by atoms with Gasteiger partial charge in [-0.15, -0.1) is 0 Å². The molecule has 4 rings (SSSR count). The third-order valence-electron chi connectivity index (χ3n) is 4.61. The van der Waals surface area contributed by atoms with Crippen molar-refractivity contribution in [2.75, 3.05) is 6.26 Å². The minimum Gasteiger partial charge on any atom is -0.250 e. The molecule has 0 aliphatic carbocycles. The van der Waals surface area contributed by atoms with Crippen molar-refractivity contribution in [1.82, 2.24) is 14.3 Å². The Bertz CT molecular complexity index is 952. The van der Waals surface area contributed by atoms with Gasteiger partial charge in [-0.2, -0.15) is 0 Å². The zero-order valence-corrected chi connectivity index (χ0v) is 16.8. The predicted molar refractivity (Wildman–Crippen MR) is 110 cm³/mol. The molecule has 0 fully saturated rings. The molecule has 2 unspecified atom stereocenters. The fourth-order valence-electron chi connectivity index (χ4n) is 3.27. The smallest absolute Gasteiger partial charge is 0.187 e. The molecule has 0 N–H and O–H groups in total. The lowest BCUT2D eigenvalue weighted by atomic mass is 9.89. The Labute approximate surface area is 165 Å². The predicted octanol–water partition coefficient (Wildman–Crippen LogP) is 3.99. The molecule has 0 saturated carbocycles. The topological polar surface area (TPSA) is 58.5 Å². The zero-order valence-electron chi connectivity index (χ0n) is 15.2. The fraction of sp³-hybridized carbons (Fsp3) is 0.250. The molecule has 2 aliphatic rings. The second-order valence-electron chi connectivity index (χ2n) is 6.57. The van der Waals surface area contributed by atoms with E-state index in [0.29, 0.717) is 0 Å². The van der Waals surface area contributed by atoms with E-state index in [4.69, 9.17) is 0 Å².